The van der Waals surface area contributed by atoms with E-state index in [1.807, 2.05) is 41.0 Å². The number of fused-ring (bicyclic) bond motifs is 1. The number of methoxy groups -OCH3 is 2. The molecule has 0 radical (unpaired) electrons. The maximum atomic E-state index is 11.2. The molecule has 0 bridgehead atoms. The number of aromatic hydroxyl groups is 1. The summed E-state index contributed by atoms with van der Waals surface area (Å²) in [5, 5.41) is 24.0. The third-order valence-corrected chi connectivity index (χ3v) is 5.05. The number of aromatic nitrogens is 3. The Morgan fingerprint density at radius 2 is 1.80 bits per heavy atom. The number of para-hydroxylation sites is 2. The van der Waals surface area contributed by atoms with E-state index in [1.54, 1.807) is 27.3 Å². The highest BCUT2D eigenvalue weighted by molar-refractivity contribution is 5.87. The lowest BCUT2D eigenvalue weighted by Crippen LogP contribution is -2.07. The molecular weight excluding hydrogens is 384 g/mol. The van der Waals surface area contributed by atoms with Crippen LogP contribution in [0.1, 0.15) is 5.69 Å². The van der Waals surface area contributed by atoms with E-state index in [4.69, 9.17) is 9.47 Å². The maximum Gasteiger partial charge on any atom is 0.150 e. The molecule has 2 aromatic heterocycles. The number of nitrogens with zero attached hydrogens (tertiary/aromatic N) is 2. The van der Waals surface area contributed by atoms with Crippen molar-refractivity contribution in [3.8, 4) is 34.3 Å². The number of hydrogen-bond acceptors (Lipinski definition) is 6. The SMILES string of the molecule is CNc1c(-c2nc3ccccc3[nH]2)c(O)c(CCO)n1-c1cc(OC)cc(OC)c1. The van der Waals surface area contributed by atoms with Crippen LogP contribution < -0.4 is 14.8 Å². The van der Waals surface area contributed by atoms with E-state index in [1.165, 1.54) is 0 Å². The number of rotatable bonds is 7. The van der Waals surface area contributed by atoms with Crippen LogP contribution in [0.2, 0.25) is 0 Å². The first kappa shape index (κ1) is 19.7. The van der Waals surface area contributed by atoms with Crippen molar-refractivity contribution < 1.29 is 19.7 Å². The summed E-state index contributed by atoms with van der Waals surface area (Å²) >= 11 is 0. The molecule has 156 valence electrons. The maximum absolute atomic E-state index is 11.2. The van der Waals surface area contributed by atoms with Crippen LogP contribution in [0.5, 0.6) is 17.2 Å². The van der Waals surface area contributed by atoms with Crippen LogP contribution in [0.3, 0.4) is 0 Å². The van der Waals surface area contributed by atoms with E-state index in [-0.39, 0.29) is 18.8 Å². The summed E-state index contributed by atoms with van der Waals surface area (Å²) in [4.78, 5) is 7.92. The highest BCUT2D eigenvalue weighted by atomic mass is 16.5. The Labute approximate surface area is 173 Å². The first-order chi connectivity index (χ1) is 14.6. The molecule has 0 saturated heterocycles. The van der Waals surface area contributed by atoms with Crippen LogP contribution in [0.4, 0.5) is 5.82 Å². The summed E-state index contributed by atoms with van der Waals surface area (Å²) in [6.07, 6.45) is 0.250. The van der Waals surface area contributed by atoms with Gasteiger partial charge in [0, 0.05) is 38.3 Å². The molecule has 0 aliphatic rings. The fourth-order valence-corrected chi connectivity index (χ4v) is 3.68. The van der Waals surface area contributed by atoms with Crippen molar-refractivity contribution in [2.45, 2.75) is 6.42 Å². The second kappa shape index (κ2) is 8.00. The average molecular weight is 408 g/mol. The molecule has 2 aromatic carbocycles. The number of benzene rings is 2. The molecule has 4 rings (SSSR count). The Hall–Kier alpha value is -3.65. The van der Waals surface area contributed by atoms with Gasteiger partial charge in [-0.05, 0) is 12.1 Å². The topological polar surface area (TPSA) is 105 Å². The molecule has 0 fully saturated rings. The Morgan fingerprint density at radius 3 is 2.40 bits per heavy atom. The second-order valence-corrected chi connectivity index (χ2v) is 6.75. The molecular formula is C22H24N4O4. The molecule has 8 heteroatoms. The van der Waals surface area contributed by atoms with Gasteiger partial charge >= 0.3 is 0 Å². The largest absolute Gasteiger partial charge is 0.505 e. The van der Waals surface area contributed by atoms with E-state index in [0.29, 0.717) is 34.4 Å². The first-order valence-corrected chi connectivity index (χ1v) is 9.55. The Bertz CT molecular complexity index is 1140. The second-order valence-electron chi connectivity index (χ2n) is 6.75. The quantitative estimate of drug-likeness (QED) is 0.374. The van der Waals surface area contributed by atoms with Crippen LogP contribution in [0.25, 0.3) is 28.1 Å². The zero-order valence-electron chi connectivity index (χ0n) is 17.1. The summed E-state index contributed by atoms with van der Waals surface area (Å²) in [7, 11) is 4.94. The van der Waals surface area contributed by atoms with Gasteiger partial charge in [-0.3, -0.25) is 4.57 Å². The number of ether oxygens (including phenoxy) is 2. The van der Waals surface area contributed by atoms with Gasteiger partial charge in [-0.25, -0.2) is 4.98 Å². The third-order valence-electron chi connectivity index (χ3n) is 5.05. The monoisotopic (exact) mass is 408 g/mol. The van der Waals surface area contributed by atoms with Gasteiger partial charge < -0.3 is 30.0 Å². The van der Waals surface area contributed by atoms with Crippen molar-refractivity contribution in [3.05, 3.63) is 48.2 Å². The number of anilines is 1. The predicted octanol–water partition coefficient (Wildman–Crippen LogP) is 3.32. The average Bonchev–Trinajstić information content (AvgIpc) is 3.32. The van der Waals surface area contributed by atoms with Gasteiger partial charge in [-0.15, -0.1) is 0 Å². The molecule has 0 unspecified atom stereocenters. The van der Waals surface area contributed by atoms with Gasteiger partial charge in [0.25, 0.3) is 0 Å². The van der Waals surface area contributed by atoms with E-state index in [9.17, 15) is 10.2 Å². The van der Waals surface area contributed by atoms with Crippen molar-refractivity contribution in [2.75, 3.05) is 33.2 Å². The Kier molecular flexibility index (Phi) is 5.24. The standard InChI is InChI=1S/C22H24N4O4/c1-23-22-19(21-24-16-6-4-5-7-17(16)25-21)20(28)18(8-9-27)26(22)13-10-14(29-2)12-15(11-13)30-3/h4-7,10-12,23,27-28H,8-9H2,1-3H3,(H,24,25). The Morgan fingerprint density at radius 1 is 1.10 bits per heavy atom. The minimum atomic E-state index is -0.124. The van der Waals surface area contributed by atoms with Crippen LogP contribution in [-0.2, 0) is 6.42 Å². The summed E-state index contributed by atoms with van der Waals surface area (Å²) < 4.78 is 12.7. The number of imidazole rings is 1. The Balaban J connectivity index is 2.00. The van der Waals surface area contributed by atoms with Gasteiger partial charge in [0.05, 0.1) is 36.6 Å². The van der Waals surface area contributed by atoms with Crippen molar-refractivity contribution in [2.24, 2.45) is 0 Å². The highest BCUT2D eigenvalue weighted by Gasteiger charge is 2.26. The number of H-pyrrole nitrogens is 1. The normalized spacial score (nSPS) is 11.1. The fraction of sp³-hybridized carbons (Fsp3) is 0.227. The van der Waals surface area contributed by atoms with E-state index >= 15 is 0 Å². The van der Waals surface area contributed by atoms with Crippen molar-refractivity contribution in [3.63, 3.8) is 0 Å². The lowest BCUT2D eigenvalue weighted by atomic mass is 10.2. The number of nitrogens with one attached hydrogen (secondary N) is 2. The molecule has 0 amide bonds. The summed E-state index contributed by atoms with van der Waals surface area (Å²) in [6.45, 7) is -0.124. The number of hydrogen-bond donors (Lipinski definition) is 4. The van der Waals surface area contributed by atoms with Crippen LogP contribution in [0.15, 0.2) is 42.5 Å². The molecule has 0 aliphatic heterocycles. The highest BCUT2D eigenvalue weighted by Crippen LogP contribution is 2.43. The van der Waals surface area contributed by atoms with Crippen LogP contribution >= 0.6 is 0 Å². The molecule has 0 atom stereocenters. The lowest BCUT2D eigenvalue weighted by molar-refractivity contribution is 0.295. The lowest BCUT2D eigenvalue weighted by Gasteiger charge is -2.15. The minimum absolute atomic E-state index is 0.0502. The smallest absolute Gasteiger partial charge is 0.150 e. The number of aliphatic hydroxyl groups is 1. The fourth-order valence-electron chi connectivity index (χ4n) is 3.68. The van der Waals surface area contributed by atoms with Crippen LogP contribution in [0, 0.1) is 0 Å². The van der Waals surface area contributed by atoms with Gasteiger partial charge in [0.2, 0.25) is 0 Å². The number of aliphatic hydroxyl groups excluding tert-OH is 1. The zero-order chi connectivity index (χ0) is 21.3. The van der Waals surface area contributed by atoms with E-state index in [2.05, 4.69) is 15.3 Å². The number of aromatic amines is 1. The van der Waals surface area contributed by atoms with Crippen molar-refractivity contribution >= 4 is 16.9 Å². The predicted molar refractivity (Wildman–Crippen MR) is 116 cm³/mol. The van der Waals surface area contributed by atoms with Gasteiger partial charge in [-0.2, -0.15) is 0 Å². The van der Waals surface area contributed by atoms with E-state index in [0.717, 1.165) is 16.7 Å². The minimum Gasteiger partial charge on any atom is -0.505 e. The van der Waals surface area contributed by atoms with Crippen molar-refractivity contribution in [1.29, 1.82) is 0 Å². The molecule has 4 aromatic rings. The summed E-state index contributed by atoms with van der Waals surface area (Å²) in [5.41, 5.74) is 3.46. The third kappa shape index (κ3) is 3.21. The van der Waals surface area contributed by atoms with Gasteiger partial charge in [0.1, 0.15) is 34.5 Å². The van der Waals surface area contributed by atoms with E-state index < -0.39 is 0 Å². The molecule has 8 nitrogen and oxygen atoms in total. The molecule has 0 saturated carbocycles. The summed E-state index contributed by atoms with van der Waals surface area (Å²) in [6, 6.07) is 13.1. The molecule has 0 aliphatic carbocycles. The molecule has 30 heavy (non-hydrogen) atoms. The first-order valence-electron chi connectivity index (χ1n) is 9.55. The zero-order valence-corrected chi connectivity index (χ0v) is 17.1. The molecule has 0 spiro atoms. The van der Waals surface area contributed by atoms with Crippen LogP contribution in [-0.4, -0.2) is 52.6 Å². The van der Waals surface area contributed by atoms with Crippen molar-refractivity contribution in [1.82, 2.24) is 14.5 Å². The van der Waals surface area contributed by atoms with Gasteiger partial charge in [0.15, 0.2) is 0 Å². The van der Waals surface area contributed by atoms with Gasteiger partial charge in [-0.1, -0.05) is 12.1 Å². The summed E-state index contributed by atoms with van der Waals surface area (Å²) in [5.74, 6) is 2.44. The molecule has 4 N–H and O–H groups in total. The molecule has 2 heterocycles.